The number of carbonyl (C=O) groups excluding carboxylic acids is 1. The van der Waals surface area contributed by atoms with Crippen LogP contribution in [0.1, 0.15) is 31.5 Å². The lowest BCUT2D eigenvalue weighted by Gasteiger charge is -2.20. The minimum atomic E-state index is -0.444. The molecule has 0 saturated carbocycles. The molecule has 1 aromatic heterocycles. The third-order valence-electron chi connectivity index (χ3n) is 3.24. The Morgan fingerprint density at radius 2 is 1.82 bits per heavy atom. The maximum absolute atomic E-state index is 11.7. The lowest BCUT2D eigenvalue weighted by Crippen LogP contribution is -2.37. The van der Waals surface area contributed by atoms with Gasteiger partial charge in [0.1, 0.15) is 0 Å². The summed E-state index contributed by atoms with van der Waals surface area (Å²) in [5.74, 6) is -0.183. The number of carbonyl (C=O) groups is 1. The minimum Gasteiger partial charge on any atom is -0.412 e. The van der Waals surface area contributed by atoms with Gasteiger partial charge in [0, 0.05) is 30.9 Å². The van der Waals surface area contributed by atoms with E-state index in [4.69, 9.17) is 4.42 Å². The monoisotopic (exact) mass is 303 g/mol. The van der Waals surface area contributed by atoms with E-state index in [0.717, 1.165) is 24.3 Å². The number of hydrazine groups is 1. The predicted octanol–water partition coefficient (Wildman–Crippen LogP) is 1.84. The van der Waals surface area contributed by atoms with Gasteiger partial charge in [-0.3, -0.25) is 10.2 Å². The third-order valence-corrected chi connectivity index (χ3v) is 3.24. The number of nitrogens with one attached hydrogen (secondary N) is 2. The van der Waals surface area contributed by atoms with Crippen LogP contribution in [0.5, 0.6) is 0 Å². The summed E-state index contributed by atoms with van der Waals surface area (Å²) in [7, 11) is 0. The van der Waals surface area contributed by atoms with E-state index in [-0.39, 0.29) is 5.89 Å². The molecule has 0 spiro atoms. The van der Waals surface area contributed by atoms with Crippen LogP contribution in [-0.2, 0) is 0 Å². The SMILES string of the molecule is CCNNC(=O)c1nnc(-c2ccc(N(CC)CC)cc2)o1. The number of nitrogens with zero attached hydrogens (tertiary/aromatic N) is 3. The van der Waals surface area contributed by atoms with E-state index in [1.54, 1.807) is 0 Å². The summed E-state index contributed by atoms with van der Waals surface area (Å²) >= 11 is 0. The smallest absolute Gasteiger partial charge is 0.322 e. The first-order chi connectivity index (χ1) is 10.7. The summed E-state index contributed by atoms with van der Waals surface area (Å²) in [6, 6.07) is 7.83. The van der Waals surface area contributed by atoms with Crippen molar-refractivity contribution in [2.24, 2.45) is 0 Å². The molecule has 0 bridgehead atoms. The van der Waals surface area contributed by atoms with Crippen LogP contribution in [0.15, 0.2) is 28.7 Å². The van der Waals surface area contributed by atoms with Crippen LogP contribution in [0.4, 0.5) is 5.69 Å². The predicted molar refractivity (Wildman–Crippen MR) is 84.4 cm³/mol. The number of anilines is 1. The van der Waals surface area contributed by atoms with Gasteiger partial charge in [0.05, 0.1) is 0 Å². The zero-order chi connectivity index (χ0) is 15.9. The first-order valence-electron chi connectivity index (χ1n) is 7.41. The average Bonchev–Trinajstić information content (AvgIpc) is 3.04. The van der Waals surface area contributed by atoms with E-state index in [0.29, 0.717) is 12.4 Å². The van der Waals surface area contributed by atoms with Crippen molar-refractivity contribution in [3.05, 3.63) is 30.2 Å². The largest absolute Gasteiger partial charge is 0.412 e. The Morgan fingerprint density at radius 3 is 2.41 bits per heavy atom. The molecule has 1 aromatic carbocycles. The molecule has 7 nitrogen and oxygen atoms in total. The molecule has 2 rings (SSSR count). The molecule has 1 heterocycles. The van der Waals surface area contributed by atoms with Gasteiger partial charge in [0.15, 0.2) is 0 Å². The zero-order valence-electron chi connectivity index (χ0n) is 13.1. The highest BCUT2D eigenvalue weighted by Crippen LogP contribution is 2.22. The van der Waals surface area contributed by atoms with Crippen molar-refractivity contribution >= 4 is 11.6 Å². The second-order valence-corrected chi connectivity index (χ2v) is 4.62. The number of benzene rings is 1. The Morgan fingerprint density at radius 1 is 1.14 bits per heavy atom. The topological polar surface area (TPSA) is 83.3 Å². The van der Waals surface area contributed by atoms with Crippen molar-refractivity contribution in [1.82, 2.24) is 21.0 Å². The van der Waals surface area contributed by atoms with Crippen molar-refractivity contribution in [3.8, 4) is 11.5 Å². The van der Waals surface area contributed by atoms with Gasteiger partial charge in [-0.25, -0.2) is 5.43 Å². The van der Waals surface area contributed by atoms with Crippen LogP contribution in [0.2, 0.25) is 0 Å². The maximum atomic E-state index is 11.7. The van der Waals surface area contributed by atoms with Crippen molar-refractivity contribution in [2.45, 2.75) is 20.8 Å². The molecule has 0 aliphatic carbocycles. The highest BCUT2D eigenvalue weighted by Gasteiger charge is 2.15. The van der Waals surface area contributed by atoms with Crippen LogP contribution in [0.3, 0.4) is 0 Å². The molecule has 22 heavy (non-hydrogen) atoms. The van der Waals surface area contributed by atoms with Gasteiger partial charge in [-0.2, -0.15) is 0 Å². The molecule has 0 atom stereocenters. The minimum absolute atomic E-state index is 0.0660. The molecular formula is C15H21N5O2. The normalized spacial score (nSPS) is 10.5. The lowest BCUT2D eigenvalue weighted by atomic mass is 10.2. The fourth-order valence-corrected chi connectivity index (χ4v) is 2.06. The highest BCUT2D eigenvalue weighted by molar-refractivity contribution is 5.89. The van der Waals surface area contributed by atoms with Crippen LogP contribution < -0.4 is 15.8 Å². The molecule has 0 aliphatic heterocycles. The Bertz CT molecular complexity index is 605. The number of hydrogen-bond acceptors (Lipinski definition) is 6. The lowest BCUT2D eigenvalue weighted by molar-refractivity contribution is 0.0900. The van der Waals surface area contributed by atoms with Crippen LogP contribution in [-0.4, -0.2) is 35.7 Å². The molecule has 7 heteroatoms. The summed E-state index contributed by atoms with van der Waals surface area (Å²) in [6.07, 6.45) is 0. The third kappa shape index (κ3) is 3.62. The first-order valence-corrected chi connectivity index (χ1v) is 7.41. The second-order valence-electron chi connectivity index (χ2n) is 4.62. The van der Waals surface area contributed by atoms with Crippen molar-refractivity contribution in [3.63, 3.8) is 0 Å². The van der Waals surface area contributed by atoms with Crippen molar-refractivity contribution < 1.29 is 9.21 Å². The van der Waals surface area contributed by atoms with Crippen LogP contribution in [0, 0.1) is 0 Å². The fraction of sp³-hybridized carbons (Fsp3) is 0.400. The molecule has 0 radical (unpaired) electrons. The summed E-state index contributed by atoms with van der Waals surface area (Å²) < 4.78 is 5.39. The second kappa shape index (κ2) is 7.56. The Hall–Kier alpha value is -2.41. The molecule has 0 fully saturated rings. The van der Waals surface area contributed by atoms with Crippen molar-refractivity contribution in [1.29, 1.82) is 0 Å². The Labute approximate surface area is 129 Å². The van der Waals surface area contributed by atoms with Gasteiger partial charge in [-0.05, 0) is 38.1 Å². The number of rotatable bonds is 7. The van der Waals surface area contributed by atoms with Crippen LogP contribution >= 0.6 is 0 Å². The summed E-state index contributed by atoms with van der Waals surface area (Å²) in [4.78, 5) is 13.9. The Kier molecular flexibility index (Phi) is 5.48. The zero-order valence-corrected chi connectivity index (χ0v) is 13.1. The number of amides is 1. The van der Waals surface area contributed by atoms with E-state index in [2.05, 4.69) is 39.8 Å². The van der Waals surface area contributed by atoms with Gasteiger partial charge in [0.25, 0.3) is 0 Å². The Balaban J connectivity index is 2.12. The quantitative estimate of drug-likeness (QED) is 0.759. The van der Waals surface area contributed by atoms with E-state index >= 15 is 0 Å². The fourth-order valence-electron chi connectivity index (χ4n) is 2.06. The maximum Gasteiger partial charge on any atom is 0.322 e. The van der Waals surface area contributed by atoms with E-state index in [1.807, 2.05) is 31.2 Å². The van der Waals surface area contributed by atoms with Gasteiger partial charge in [-0.15, -0.1) is 10.2 Å². The highest BCUT2D eigenvalue weighted by atomic mass is 16.4. The molecule has 118 valence electrons. The average molecular weight is 303 g/mol. The van der Waals surface area contributed by atoms with E-state index < -0.39 is 5.91 Å². The molecule has 0 saturated heterocycles. The molecule has 2 aromatic rings. The van der Waals surface area contributed by atoms with Gasteiger partial charge in [-0.1, -0.05) is 6.92 Å². The van der Waals surface area contributed by atoms with Crippen LogP contribution in [0.25, 0.3) is 11.5 Å². The van der Waals surface area contributed by atoms with E-state index in [1.165, 1.54) is 0 Å². The first kappa shape index (κ1) is 16.0. The van der Waals surface area contributed by atoms with Gasteiger partial charge >= 0.3 is 11.8 Å². The standard InChI is InChI=1S/C15H21N5O2/c1-4-16-17-13(21)15-19-18-14(22-15)11-7-9-12(10-8-11)20(5-2)6-3/h7-10,16H,4-6H2,1-3H3,(H,17,21). The van der Waals surface area contributed by atoms with Gasteiger partial charge < -0.3 is 9.32 Å². The van der Waals surface area contributed by atoms with Gasteiger partial charge in [0.2, 0.25) is 5.89 Å². The number of hydrogen-bond donors (Lipinski definition) is 2. The molecule has 1 amide bonds. The summed E-state index contributed by atoms with van der Waals surface area (Å²) in [6.45, 7) is 8.61. The molecule has 0 aliphatic rings. The summed E-state index contributed by atoms with van der Waals surface area (Å²) in [5, 5.41) is 7.67. The van der Waals surface area contributed by atoms with Crippen molar-refractivity contribution in [2.75, 3.05) is 24.5 Å². The molecular weight excluding hydrogens is 282 g/mol. The molecule has 2 N–H and O–H groups in total. The molecule has 0 unspecified atom stereocenters. The summed E-state index contributed by atoms with van der Waals surface area (Å²) in [5.41, 5.74) is 7.08. The van der Waals surface area contributed by atoms with E-state index in [9.17, 15) is 4.79 Å². The number of aromatic nitrogens is 2.